The van der Waals surface area contributed by atoms with E-state index in [1.54, 1.807) is 0 Å². The lowest BCUT2D eigenvalue weighted by Gasteiger charge is -2.44. The third-order valence-corrected chi connectivity index (χ3v) is 4.35. The van der Waals surface area contributed by atoms with Gasteiger partial charge in [0.2, 0.25) is 0 Å². The number of likely N-dealkylation sites (tertiary alicyclic amines) is 1. The Kier molecular flexibility index (Phi) is 5.06. The van der Waals surface area contributed by atoms with Crippen LogP contribution in [0.5, 0.6) is 5.75 Å². The van der Waals surface area contributed by atoms with Gasteiger partial charge in [0.05, 0.1) is 12.7 Å². The highest BCUT2D eigenvalue weighted by Crippen LogP contribution is 2.33. The summed E-state index contributed by atoms with van der Waals surface area (Å²) in [6, 6.07) is 7.82. The second-order valence-corrected chi connectivity index (χ2v) is 6.11. The lowest BCUT2D eigenvalue weighted by Crippen LogP contribution is -2.50. The van der Waals surface area contributed by atoms with Gasteiger partial charge in [0, 0.05) is 5.54 Å². The van der Waals surface area contributed by atoms with E-state index in [-0.39, 0.29) is 5.54 Å². The Morgan fingerprint density at radius 1 is 1.15 bits per heavy atom. The first-order valence-electron chi connectivity index (χ1n) is 7.71. The largest absolute Gasteiger partial charge is 0.494 e. The van der Waals surface area contributed by atoms with E-state index >= 15 is 0 Å². The number of nitrogens with zero attached hydrogens (tertiary/aromatic N) is 1. The van der Waals surface area contributed by atoms with Crippen LogP contribution in [0, 0.1) is 0 Å². The highest BCUT2D eigenvalue weighted by Gasteiger charge is 2.35. The molecule has 3 heteroatoms. The summed E-state index contributed by atoms with van der Waals surface area (Å²) in [4.78, 5) is 2.41. The van der Waals surface area contributed by atoms with Crippen LogP contribution in [0.1, 0.15) is 51.7 Å². The maximum absolute atomic E-state index is 10.7. The van der Waals surface area contributed by atoms with E-state index < -0.39 is 6.10 Å². The fourth-order valence-electron chi connectivity index (χ4n) is 2.96. The molecule has 1 aromatic carbocycles. The molecule has 0 amide bonds. The Balaban J connectivity index is 2.09. The fraction of sp³-hybridized carbons (Fsp3) is 0.647. The maximum Gasteiger partial charge on any atom is 0.119 e. The van der Waals surface area contributed by atoms with E-state index in [1.807, 2.05) is 31.2 Å². The molecule has 0 spiro atoms. The molecule has 2 rings (SSSR count). The van der Waals surface area contributed by atoms with Crippen LogP contribution < -0.4 is 4.74 Å². The average Bonchev–Trinajstić information content (AvgIpc) is 2.48. The van der Waals surface area contributed by atoms with Crippen molar-refractivity contribution in [3.63, 3.8) is 0 Å². The molecule has 112 valence electrons. The topological polar surface area (TPSA) is 32.7 Å². The third-order valence-electron chi connectivity index (χ3n) is 4.35. The molecule has 0 aliphatic carbocycles. The average molecular weight is 277 g/mol. The molecule has 0 radical (unpaired) electrons. The van der Waals surface area contributed by atoms with E-state index in [2.05, 4.69) is 18.7 Å². The van der Waals surface area contributed by atoms with Gasteiger partial charge >= 0.3 is 0 Å². The van der Waals surface area contributed by atoms with Crippen LogP contribution in [0.2, 0.25) is 0 Å². The van der Waals surface area contributed by atoms with Crippen molar-refractivity contribution >= 4 is 0 Å². The molecule has 0 bridgehead atoms. The van der Waals surface area contributed by atoms with Gasteiger partial charge in [-0.25, -0.2) is 0 Å². The molecule has 1 heterocycles. The SMILES string of the molecule is CCOc1ccc(C(O)C(C)(C)N2CCCCC2)cc1. The predicted octanol–water partition coefficient (Wildman–Crippen LogP) is 3.38. The Hall–Kier alpha value is -1.06. The zero-order valence-electron chi connectivity index (χ0n) is 12.9. The van der Waals surface area contributed by atoms with Gasteiger partial charge in [-0.2, -0.15) is 0 Å². The fourth-order valence-corrected chi connectivity index (χ4v) is 2.96. The monoisotopic (exact) mass is 277 g/mol. The Morgan fingerprint density at radius 3 is 2.30 bits per heavy atom. The summed E-state index contributed by atoms with van der Waals surface area (Å²) < 4.78 is 5.45. The van der Waals surface area contributed by atoms with Crippen molar-refractivity contribution in [3.05, 3.63) is 29.8 Å². The Labute approximate surface area is 122 Å². The van der Waals surface area contributed by atoms with E-state index in [0.717, 1.165) is 24.4 Å². The van der Waals surface area contributed by atoms with Crippen LogP contribution in [0.3, 0.4) is 0 Å². The summed E-state index contributed by atoms with van der Waals surface area (Å²) in [5, 5.41) is 10.7. The van der Waals surface area contributed by atoms with E-state index in [0.29, 0.717) is 6.61 Å². The first kappa shape index (κ1) is 15.3. The minimum absolute atomic E-state index is 0.229. The quantitative estimate of drug-likeness (QED) is 0.895. The van der Waals surface area contributed by atoms with Crippen molar-refractivity contribution in [3.8, 4) is 5.75 Å². The summed E-state index contributed by atoms with van der Waals surface area (Å²) in [7, 11) is 0. The molecule has 1 aliphatic heterocycles. The van der Waals surface area contributed by atoms with Gasteiger partial charge in [-0.05, 0) is 64.4 Å². The maximum atomic E-state index is 10.7. The van der Waals surface area contributed by atoms with Crippen molar-refractivity contribution in [1.82, 2.24) is 4.90 Å². The molecule has 1 aliphatic rings. The summed E-state index contributed by atoms with van der Waals surface area (Å²) in [6.45, 7) is 9.09. The van der Waals surface area contributed by atoms with Crippen molar-refractivity contribution in [1.29, 1.82) is 0 Å². The molecular formula is C17H27NO2. The minimum atomic E-state index is -0.476. The molecule has 1 saturated heterocycles. The van der Waals surface area contributed by atoms with E-state index in [9.17, 15) is 5.11 Å². The highest BCUT2D eigenvalue weighted by atomic mass is 16.5. The van der Waals surface area contributed by atoms with Crippen molar-refractivity contribution in [2.24, 2.45) is 0 Å². The zero-order chi connectivity index (χ0) is 14.6. The van der Waals surface area contributed by atoms with Gasteiger partial charge in [-0.1, -0.05) is 18.6 Å². The van der Waals surface area contributed by atoms with Crippen molar-refractivity contribution in [2.75, 3.05) is 19.7 Å². The number of aliphatic hydroxyl groups is 1. The smallest absolute Gasteiger partial charge is 0.119 e. The number of piperidine rings is 1. The number of hydrogen-bond acceptors (Lipinski definition) is 3. The molecule has 0 saturated carbocycles. The van der Waals surface area contributed by atoms with Gasteiger partial charge in [0.15, 0.2) is 0 Å². The lowest BCUT2D eigenvalue weighted by atomic mass is 9.88. The molecule has 20 heavy (non-hydrogen) atoms. The lowest BCUT2D eigenvalue weighted by molar-refractivity contribution is -0.0209. The first-order valence-corrected chi connectivity index (χ1v) is 7.71. The van der Waals surface area contributed by atoms with Crippen LogP contribution in [0.25, 0.3) is 0 Å². The number of aliphatic hydroxyl groups excluding tert-OH is 1. The normalized spacial score (nSPS) is 18.8. The van der Waals surface area contributed by atoms with Gasteiger partial charge < -0.3 is 9.84 Å². The molecule has 3 nitrogen and oxygen atoms in total. The minimum Gasteiger partial charge on any atom is -0.494 e. The van der Waals surface area contributed by atoms with Gasteiger partial charge in [-0.15, -0.1) is 0 Å². The van der Waals surface area contributed by atoms with Gasteiger partial charge in [-0.3, -0.25) is 4.90 Å². The second kappa shape index (κ2) is 6.59. The summed E-state index contributed by atoms with van der Waals surface area (Å²) in [5.41, 5.74) is 0.733. The van der Waals surface area contributed by atoms with Gasteiger partial charge in [0.1, 0.15) is 5.75 Å². The third kappa shape index (κ3) is 3.33. The molecule has 1 aromatic rings. The summed E-state index contributed by atoms with van der Waals surface area (Å²) in [5.74, 6) is 0.860. The van der Waals surface area contributed by atoms with Crippen LogP contribution in [-0.2, 0) is 0 Å². The number of ether oxygens (including phenoxy) is 1. The van der Waals surface area contributed by atoms with Crippen molar-refractivity contribution < 1.29 is 9.84 Å². The zero-order valence-corrected chi connectivity index (χ0v) is 12.9. The Bertz CT molecular complexity index is 408. The second-order valence-electron chi connectivity index (χ2n) is 6.11. The number of benzene rings is 1. The molecule has 1 fully saturated rings. The Morgan fingerprint density at radius 2 is 1.75 bits per heavy atom. The predicted molar refractivity (Wildman–Crippen MR) is 82.1 cm³/mol. The van der Waals surface area contributed by atoms with Crippen LogP contribution >= 0.6 is 0 Å². The molecular weight excluding hydrogens is 250 g/mol. The molecule has 1 unspecified atom stereocenters. The van der Waals surface area contributed by atoms with Crippen molar-refractivity contribution in [2.45, 2.75) is 51.7 Å². The summed E-state index contributed by atoms with van der Waals surface area (Å²) in [6.07, 6.45) is 3.31. The molecule has 0 aromatic heterocycles. The number of hydrogen-bond donors (Lipinski definition) is 1. The van der Waals surface area contributed by atoms with Crippen LogP contribution in [0.4, 0.5) is 0 Å². The van der Waals surface area contributed by atoms with Gasteiger partial charge in [0.25, 0.3) is 0 Å². The van der Waals surface area contributed by atoms with Crippen LogP contribution in [-0.4, -0.2) is 35.2 Å². The van der Waals surface area contributed by atoms with E-state index in [1.165, 1.54) is 19.3 Å². The number of rotatable bonds is 5. The standard InChI is InChI=1S/C17H27NO2/c1-4-20-15-10-8-14(9-11-15)16(19)17(2,3)18-12-6-5-7-13-18/h8-11,16,19H,4-7,12-13H2,1-3H3. The van der Waals surface area contributed by atoms with Crippen LogP contribution in [0.15, 0.2) is 24.3 Å². The highest BCUT2D eigenvalue weighted by molar-refractivity contribution is 5.30. The van der Waals surface area contributed by atoms with E-state index in [4.69, 9.17) is 4.74 Å². The molecule has 1 atom stereocenters. The summed E-state index contributed by atoms with van der Waals surface area (Å²) >= 11 is 0. The first-order chi connectivity index (χ1) is 9.55. The molecule has 1 N–H and O–H groups in total.